The maximum atomic E-state index is 12.0. The zero-order valence-corrected chi connectivity index (χ0v) is 14.3. The molecule has 1 aliphatic rings. The molecule has 1 amide bonds. The standard InChI is InChI=1S/C15H23N3O3S/c1-15(2,3)14-17-10(9-22-14)8-18-6-5-16-13(20)11(18)7-12(19)21-4/h9,11H,5-8H2,1-4H3,(H,16,20). The van der Waals surface area contributed by atoms with Gasteiger partial charge in [-0.05, 0) is 0 Å². The maximum Gasteiger partial charge on any atom is 0.307 e. The summed E-state index contributed by atoms with van der Waals surface area (Å²) in [5.74, 6) is -0.497. The van der Waals surface area contributed by atoms with E-state index in [2.05, 4.69) is 35.8 Å². The number of esters is 1. The van der Waals surface area contributed by atoms with Gasteiger partial charge in [0.15, 0.2) is 0 Å². The summed E-state index contributed by atoms with van der Waals surface area (Å²) in [7, 11) is 1.34. The van der Waals surface area contributed by atoms with E-state index in [1.165, 1.54) is 7.11 Å². The molecule has 0 radical (unpaired) electrons. The monoisotopic (exact) mass is 325 g/mol. The van der Waals surface area contributed by atoms with Gasteiger partial charge >= 0.3 is 5.97 Å². The first-order valence-corrected chi connectivity index (χ1v) is 8.22. The number of carbonyl (C=O) groups excluding carboxylic acids is 2. The SMILES string of the molecule is COC(=O)CC1C(=O)NCCN1Cc1csc(C(C)(C)C)n1. The molecule has 122 valence electrons. The molecule has 22 heavy (non-hydrogen) atoms. The van der Waals surface area contributed by atoms with Gasteiger partial charge in [0.1, 0.15) is 6.04 Å². The second-order valence-electron chi connectivity index (χ2n) is 6.45. The molecular weight excluding hydrogens is 302 g/mol. The Balaban J connectivity index is 2.09. The highest BCUT2D eigenvalue weighted by Gasteiger charge is 2.32. The van der Waals surface area contributed by atoms with E-state index in [-0.39, 0.29) is 23.7 Å². The fourth-order valence-electron chi connectivity index (χ4n) is 2.35. The zero-order chi connectivity index (χ0) is 16.3. The number of nitrogens with one attached hydrogen (secondary N) is 1. The minimum Gasteiger partial charge on any atom is -0.469 e. The van der Waals surface area contributed by atoms with E-state index >= 15 is 0 Å². The topological polar surface area (TPSA) is 71.5 Å². The quantitative estimate of drug-likeness (QED) is 0.845. The van der Waals surface area contributed by atoms with E-state index in [0.717, 1.165) is 10.7 Å². The molecule has 6 nitrogen and oxygen atoms in total. The normalized spacial score (nSPS) is 19.8. The lowest BCUT2D eigenvalue weighted by Crippen LogP contribution is -2.55. The zero-order valence-electron chi connectivity index (χ0n) is 13.5. The number of ether oxygens (including phenoxy) is 1. The van der Waals surface area contributed by atoms with Gasteiger partial charge < -0.3 is 10.1 Å². The van der Waals surface area contributed by atoms with Crippen molar-refractivity contribution in [3.63, 3.8) is 0 Å². The van der Waals surface area contributed by atoms with Crippen molar-refractivity contribution in [3.8, 4) is 0 Å². The number of hydrogen-bond acceptors (Lipinski definition) is 6. The molecule has 1 aromatic heterocycles. The van der Waals surface area contributed by atoms with Gasteiger partial charge in [0.2, 0.25) is 5.91 Å². The van der Waals surface area contributed by atoms with E-state index in [0.29, 0.717) is 19.6 Å². The molecule has 2 rings (SSSR count). The fourth-order valence-corrected chi connectivity index (χ4v) is 3.25. The molecule has 0 bridgehead atoms. The Kier molecular flexibility index (Phi) is 5.18. The summed E-state index contributed by atoms with van der Waals surface area (Å²) in [5.41, 5.74) is 0.965. The summed E-state index contributed by atoms with van der Waals surface area (Å²) < 4.78 is 4.69. The number of hydrogen-bond donors (Lipinski definition) is 1. The second-order valence-corrected chi connectivity index (χ2v) is 7.31. The number of aromatic nitrogens is 1. The van der Waals surface area contributed by atoms with Crippen LogP contribution in [0, 0.1) is 0 Å². The number of nitrogens with zero attached hydrogens (tertiary/aromatic N) is 2. The number of thiazole rings is 1. The van der Waals surface area contributed by atoms with Crippen molar-refractivity contribution in [3.05, 3.63) is 16.1 Å². The Bertz CT molecular complexity index is 550. The summed E-state index contributed by atoms with van der Waals surface area (Å²) in [4.78, 5) is 30.2. The van der Waals surface area contributed by atoms with Crippen LogP contribution in [0.2, 0.25) is 0 Å². The minimum atomic E-state index is -0.485. The van der Waals surface area contributed by atoms with Crippen LogP contribution in [0.15, 0.2) is 5.38 Å². The molecule has 1 aliphatic heterocycles. The summed E-state index contributed by atoms with van der Waals surface area (Å²) in [6.07, 6.45) is 0.0681. The first-order chi connectivity index (χ1) is 10.3. The third-order valence-electron chi connectivity index (χ3n) is 3.59. The summed E-state index contributed by atoms with van der Waals surface area (Å²) >= 11 is 1.64. The van der Waals surface area contributed by atoms with E-state index in [1.807, 2.05) is 10.3 Å². The first kappa shape index (κ1) is 16.9. The van der Waals surface area contributed by atoms with Crippen LogP contribution in [0.4, 0.5) is 0 Å². The minimum absolute atomic E-state index is 0.0214. The van der Waals surface area contributed by atoms with Crippen molar-refractivity contribution in [1.82, 2.24) is 15.2 Å². The van der Waals surface area contributed by atoms with Gasteiger partial charge in [-0.1, -0.05) is 20.8 Å². The molecule has 1 fully saturated rings. The number of piperazine rings is 1. The number of methoxy groups -OCH3 is 1. The Morgan fingerprint density at radius 3 is 2.86 bits per heavy atom. The highest BCUT2D eigenvalue weighted by atomic mass is 32.1. The molecular formula is C15H23N3O3S. The molecule has 0 aromatic carbocycles. The van der Waals surface area contributed by atoms with Gasteiger partial charge in [-0.3, -0.25) is 14.5 Å². The van der Waals surface area contributed by atoms with Crippen LogP contribution in [0.5, 0.6) is 0 Å². The lowest BCUT2D eigenvalue weighted by Gasteiger charge is -2.33. The Hall–Kier alpha value is -1.47. The van der Waals surface area contributed by atoms with Crippen molar-refractivity contribution >= 4 is 23.2 Å². The Labute approximate surface area is 134 Å². The highest BCUT2D eigenvalue weighted by Crippen LogP contribution is 2.26. The predicted molar refractivity (Wildman–Crippen MR) is 84.7 cm³/mol. The molecule has 0 saturated carbocycles. The molecule has 1 unspecified atom stereocenters. The second kappa shape index (κ2) is 6.75. The number of amides is 1. The summed E-state index contributed by atoms with van der Waals surface area (Å²) in [6.45, 7) is 8.25. The van der Waals surface area contributed by atoms with Crippen LogP contribution in [-0.4, -0.2) is 48.0 Å². The molecule has 7 heteroatoms. The molecule has 1 atom stereocenters. The van der Waals surface area contributed by atoms with Crippen LogP contribution >= 0.6 is 11.3 Å². The first-order valence-electron chi connectivity index (χ1n) is 7.34. The van der Waals surface area contributed by atoms with Crippen LogP contribution in [0.1, 0.15) is 37.9 Å². The van der Waals surface area contributed by atoms with E-state index in [9.17, 15) is 9.59 Å². The molecule has 0 spiro atoms. The molecule has 1 saturated heterocycles. The Morgan fingerprint density at radius 1 is 1.55 bits per heavy atom. The Morgan fingerprint density at radius 2 is 2.27 bits per heavy atom. The molecule has 2 heterocycles. The third kappa shape index (κ3) is 4.04. The highest BCUT2D eigenvalue weighted by molar-refractivity contribution is 7.09. The average molecular weight is 325 g/mol. The van der Waals surface area contributed by atoms with Crippen LogP contribution in [0.3, 0.4) is 0 Å². The summed E-state index contributed by atoms with van der Waals surface area (Å²) in [5, 5.41) is 5.91. The van der Waals surface area contributed by atoms with Gasteiger partial charge in [0, 0.05) is 30.4 Å². The lowest BCUT2D eigenvalue weighted by atomic mass is 9.98. The van der Waals surface area contributed by atoms with Crippen molar-refractivity contribution in [1.29, 1.82) is 0 Å². The molecule has 1 aromatic rings. The largest absolute Gasteiger partial charge is 0.469 e. The summed E-state index contributed by atoms with van der Waals surface area (Å²) in [6, 6.07) is -0.485. The number of carbonyl (C=O) groups is 2. The smallest absolute Gasteiger partial charge is 0.307 e. The predicted octanol–water partition coefficient (Wildman–Crippen LogP) is 1.30. The number of rotatable bonds is 4. The lowest BCUT2D eigenvalue weighted by molar-refractivity contribution is -0.146. The van der Waals surface area contributed by atoms with Gasteiger partial charge in [-0.15, -0.1) is 11.3 Å². The van der Waals surface area contributed by atoms with Gasteiger partial charge in [-0.25, -0.2) is 4.98 Å². The van der Waals surface area contributed by atoms with Gasteiger partial charge in [0.25, 0.3) is 0 Å². The average Bonchev–Trinajstić information content (AvgIpc) is 2.91. The van der Waals surface area contributed by atoms with Gasteiger partial charge in [-0.2, -0.15) is 0 Å². The van der Waals surface area contributed by atoms with Crippen molar-refractivity contribution in [2.75, 3.05) is 20.2 Å². The molecule has 0 aliphatic carbocycles. The van der Waals surface area contributed by atoms with Crippen molar-refractivity contribution in [2.45, 2.75) is 45.2 Å². The maximum absolute atomic E-state index is 12.0. The van der Waals surface area contributed by atoms with E-state index in [4.69, 9.17) is 0 Å². The fraction of sp³-hybridized carbons (Fsp3) is 0.667. The van der Waals surface area contributed by atoms with Crippen molar-refractivity contribution < 1.29 is 14.3 Å². The van der Waals surface area contributed by atoms with Crippen LogP contribution in [0.25, 0.3) is 0 Å². The van der Waals surface area contributed by atoms with E-state index < -0.39 is 6.04 Å². The van der Waals surface area contributed by atoms with Gasteiger partial charge in [0.05, 0.1) is 24.2 Å². The van der Waals surface area contributed by atoms with Crippen molar-refractivity contribution in [2.24, 2.45) is 0 Å². The molecule has 1 N–H and O–H groups in total. The van der Waals surface area contributed by atoms with Crippen LogP contribution in [-0.2, 0) is 26.3 Å². The van der Waals surface area contributed by atoms with E-state index in [1.54, 1.807) is 11.3 Å². The third-order valence-corrected chi connectivity index (χ3v) is 4.90. The van der Waals surface area contributed by atoms with Crippen LogP contribution < -0.4 is 5.32 Å².